The number of para-hydroxylation sites is 2. The summed E-state index contributed by atoms with van der Waals surface area (Å²) in [4.78, 5) is 15.4. The Morgan fingerprint density at radius 3 is 2.76 bits per heavy atom. The molecule has 0 spiro atoms. The third-order valence-electron chi connectivity index (χ3n) is 4.56. The van der Waals surface area contributed by atoms with Crippen LogP contribution in [0.25, 0.3) is 10.9 Å². The second kappa shape index (κ2) is 7.88. The first-order valence-corrected chi connectivity index (χ1v) is 8.83. The molecule has 1 heterocycles. The van der Waals surface area contributed by atoms with Gasteiger partial charge in [-0.3, -0.25) is 4.79 Å². The van der Waals surface area contributed by atoms with Gasteiger partial charge in [-0.1, -0.05) is 43.3 Å². The Hall–Kier alpha value is -2.75. The van der Waals surface area contributed by atoms with Crippen LogP contribution in [0.5, 0.6) is 0 Å². The summed E-state index contributed by atoms with van der Waals surface area (Å²) in [5, 5.41) is 7.51. The van der Waals surface area contributed by atoms with E-state index in [1.54, 1.807) is 0 Å². The Morgan fingerprint density at radius 1 is 1.08 bits per heavy atom. The van der Waals surface area contributed by atoms with Gasteiger partial charge in [-0.05, 0) is 42.5 Å². The number of aryl methyl sites for hydroxylation is 2. The van der Waals surface area contributed by atoms with E-state index < -0.39 is 0 Å². The molecule has 0 aliphatic rings. The van der Waals surface area contributed by atoms with Crippen LogP contribution in [-0.2, 0) is 17.6 Å². The maximum absolute atomic E-state index is 12.1. The molecule has 4 nitrogen and oxygen atoms in total. The smallest absolute Gasteiger partial charge is 0.239 e. The third kappa shape index (κ3) is 4.02. The number of anilines is 1. The van der Waals surface area contributed by atoms with Gasteiger partial charge >= 0.3 is 0 Å². The van der Waals surface area contributed by atoms with Crippen LogP contribution < -0.4 is 10.6 Å². The molecule has 3 N–H and O–H groups in total. The van der Waals surface area contributed by atoms with Crippen LogP contribution in [0.3, 0.4) is 0 Å². The van der Waals surface area contributed by atoms with Gasteiger partial charge < -0.3 is 15.6 Å². The Bertz CT molecular complexity index is 866. The second-order valence-electron chi connectivity index (χ2n) is 6.28. The number of hydrogen-bond acceptors (Lipinski definition) is 2. The molecule has 2 aromatic carbocycles. The fourth-order valence-electron chi connectivity index (χ4n) is 3.18. The number of amides is 1. The minimum Gasteiger partial charge on any atom is -0.376 e. The van der Waals surface area contributed by atoms with Crippen LogP contribution in [0.2, 0.25) is 0 Å². The first-order valence-electron chi connectivity index (χ1n) is 8.83. The number of carbonyl (C=O) groups is 1. The average Bonchev–Trinajstić information content (AvgIpc) is 3.04. The van der Waals surface area contributed by atoms with Gasteiger partial charge in [0.2, 0.25) is 5.91 Å². The number of H-pyrrole nitrogens is 1. The molecular formula is C21H25N3O. The van der Waals surface area contributed by atoms with Crippen LogP contribution in [0.4, 0.5) is 5.69 Å². The van der Waals surface area contributed by atoms with E-state index in [4.69, 9.17) is 0 Å². The molecule has 0 fully saturated rings. The molecule has 1 aromatic heterocycles. The van der Waals surface area contributed by atoms with Crippen molar-refractivity contribution < 1.29 is 4.79 Å². The number of carbonyl (C=O) groups excluding carboxylic acids is 1. The molecule has 0 bridgehead atoms. The summed E-state index contributed by atoms with van der Waals surface area (Å²) in [6.07, 6.45) is 3.79. The molecule has 25 heavy (non-hydrogen) atoms. The Labute approximate surface area is 148 Å². The lowest BCUT2D eigenvalue weighted by Crippen LogP contribution is -2.31. The number of hydrogen-bond donors (Lipinski definition) is 3. The van der Waals surface area contributed by atoms with Crippen LogP contribution >= 0.6 is 0 Å². The van der Waals surface area contributed by atoms with Crippen molar-refractivity contribution >= 4 is 22.5 Å². The third-order valence-corrected chi connectivity index (χ3v) is 4.56. The second-order valence-corrected chi connectivity index (χ2v) is 6.28. The number of aromatic amines is 1. The van der Waals surface area contributed by atoms with Crippen molar-refractivity contribution in [3.8, 4) is 0 Å². The quantitative estimate of drug-likeness (QED) is 0.615. The largest absolute Gasteiger partial charge is 0.376 e. The van der Waals surface area contributed by atoms with E-state index in [0.717, 1.165) is 24.0 Å². The summed E-state index contributed by atoms with van der Waals surface area (Å²) in [7, 11) is 0. The first-order chi connectivity index (χ1) is 12.2. The van der Waals surface area contributed by atoms with Gasteiger partial charge in [0, 0.05) is 29.3 Å². The summed E-state index contributed by atoms with van der Waals surface area (Å²) in [5.74, 6) is 0.0187. The highest BCUT2D eigenvalue weighted by molar-refractivity contribution is 5.83. The number of benzene rings is 2. The van der Waals surface area contributed by atoms with E-state index in [-0.39, 0.29) is 5.91 Å². The van der Waals surface area contributed by atoms with Gasteiger partial charge in [-0.15, -0.1) is 0 Å². The highest BCUT2D eigenvalue weighted by Gasteiger charge is 2.07. The summed E-state index contributed by atoms with van der Waals surface area (Å²) >= 11 is 0. The van der Waals surface area contributed by atoms with E-state index in [1.807, 2.05) is 18.3 Å². The molecule has 0 unspecified atom stereocenters. The highest BCUT2D eigenvalue weighted by atomic mass is 16.1. The van der Waals surface area contributed by atoms with E-state index >= 15 is 0 Å². The maximum Gasteiger partial charge on any atom is 0.239 e. The van der Waals surface area contributed by atoms with Crippen molar-refractivity contribution in [2.75, 3.05) is 18.4 Å². The molecule has 3 rings (SSSR count). The monoisotopic (exact) mass is 335 g/mol. The molecule has 0 aliphatic heterocycles. The Morgan fingerprint density at radius 2 is 1.92 bits per heavy atom. The van der Waals surface area contributed by atoms with Crippen molar-refractivity contribution in [3.05, 3.63) is 65.4 Å². The summed E-state index contributed by atoms with van der Waals surface area (Å²) in [6.45, 7) is 5.13. The Kier molecular flexibility index (Phi) is 5.39. The summed E-state index contributed by atoms with van der Waals surface area (Å²) < 4.78 is 0. The molecular weight excluding hydrogens is 310 g/mol. The summed E-state index contributed by atoms with van der Waals surface area (Å²) in [5.41, 5.74) is 5.86. The molecule has 0 saturated carbocycles. The van der Waals surface area contributed by atoms with Crippen molar-refractivity contribution in [2.45, 2.75) is 26.7 Å². The van der Waals surface area contributed by atoms with E-state index in [2.05, 4.69) is 59.8 Å². The SMILES string of the molecule is CCc1cccc(C)c1NCC(=O)NCCc1c[nH]c2ccccc12. The lowest BCUT2D eigenvalue weighted by atomic mass is 10.1. The van der Waals surface area contributed by atoms with Gasteiger partial charge in [0.15, 0.2) is 0 Å². The molecule has 0 saturated heterocycles. The van der Waals surface area contributed by atoms with Crippen LogP contribution in [0.15, 0.2) is 48.7 Å². The maximum atomic E-state index is 12.1. The van der Waals surface area contributed by atoms with Crippen LogP contribution in [0, 0.1) is 6.92 Å². The topological polar surface area (TPSA) is 56.9 Å². The number of aromatic nitrogens is 1. The number of fused-ring (bicyclic) bond motifs is 1. The molecule has 4 heteroatoms. The van der Waals surface area contributed by atoms with Gasteiger partial charge in [0.05, 0.1) is 6.54 Å². The number of rotatable bonds is 7. The predicted octanol–water partition coefficient (Wildman–Crippen LogP) is 3.81. The normalized spacial score (nSPS) is 10.8. The lowest BCUT2D eigenvalue weighted by molar-refractivity contribution is -0.119. The number of nitrogens with one attached hydrogen (secondary N) is 3. The average molecular weight is 335 g/mol. The molecule has 0 atom stereocenters. The molecule has 3 aromatic rings. The molecule has 0 aliphatic carbocycles. The zero-order valence-corrected chi connectivity index (χ0v) is 14.9. The highest BCUT2D eigenvalue weighted by Crippen LogP contribution is 2.20. The van der Waals surface area contributed by atoms with Crippen LogP contribution in [0.1, 0.15) is 23.6 Å². The first kappa shape index (κ1) is 17.1. The van der Waals surface area contributed by atoms with E-state index in [1.165, 1.54) is 22.1 Å². The van der Waals surface area contributed by atoms with E-state index in [0.29, 0.717) is 13.1 Å². The molecule has 1 amide bonds. The van der Waals surface area contributed by atoms with Gasteiger partial charge in [-0.25, -0.2) is 0 Å². The Balaban J connectivity index is 1.50. The zero-order chi connectivity index (χ0) is 17.6. The lowest BCUT2D eigenvalue weighted by Gasteiger charge is -2.14. The van der Waals surface area contributed by atoms with Gasteiger partial charge in [-0.2, -0.15) is 0 Å². The standard InChI is InChI=1S/C21H25N3O/c1-3-16-8-6-7-15(2)21(16)24-14-20(25)22-12-11-17-13-23-19-10-5-4-9-18(17)19/h4-10,13,23-24H,3,11-12,14H2,1-2H3,(H,22,25). The van der Waals surface area contributed by atoms with Crippen LogP contribution in [-0.4, -0.2) is 24.0 Å². The fourth-order valence-corrected chi connectivity index (χ4v) is 3.18. The summed E-state index contributed by atoms with van der Waals surface area (Å²) in [6, 6.07) is 14.5. The molecule has 0 radical (unpaired) electrons. The van der Waals surface area contributed by atoms with E-state index in [9.17, 15) is 4.79 Å². The van der Waals surface area contributed by atoms with Crippen molar-refractivity contribution in [1.82, 2.24) is 10.3 Å². The fraction of sp³-hybridized carbons (Fsp3) is 0.286. The molecule has 130 valence electrons. The minimum absolute atomic E-state index is 0.0187. The van der Waals surface area contributed by atoms with Gasteiger partial charge in [0.1, 0.15) is 0 Å². The van der Waals surface area contributed by atoms with Crippen molar-refractivity contribution in [3.63, 3.8) is 0 Å². The zero-order valence-electron chi connectivity index (χ0n) is 14.9. The van der Waals surface area contributed by atoms with Crippen molar-refractivity contribution in [2.24, 2.45) is 0 Å². The van der Waals surface area contributed by atoms with Gasteiger partial charge in [0.25, 0.3) is 0 Å². The van der Waals surface area contributed by atoms with Crippen molar-refractivity contribution in [1.29, 1.82) is 0 Å². The predicted molar refractivity (Wildman–Crippen MR) is 104 cm³/mol. The minimum atomic E-state index is 0.0187.